The monoisotopic (exact) mass is 203 g/mol. The molecule has 1 fully saturated rings. The average molecular weight is 203 g/mol. The number of aryl methyl sites for hydroxylation is 1. The van der Waals surface area contributed by atoms with Gasteiger partial charge in [-0.2, -0.15) is 0 Å². The quantitative estimate of drug-likeness (QED) is 0.793. The van der Waals surface area contributed by atoms with Crippen molar-refractivity contribution in [3.63, 3.8) is 0 Å². The lowest BCUT2D eigenvalue weighted by molar-refractivity contribution is 0.591. The second-order valence-corrected chi connectivity index (χ2v) is 4.99. The lowest BCUT2D eigenvalue weighted by atomic mass is 9.94. The minimum atomic E-state index is 0.440. The van der Waals surface area contributed by atoms with E-state index in [1.165, 1.54) is 24.1 Å². The van der Waals surface area contributed by atoms with E-state index in [-0.39, 0.29) is 0 Å². The zero-order chi connectivity index (χ0) is 10.9. The Labute approximate surface area is 92.9 Å². The summed E-state index contributed by atoms with van der Waals surface area (Å²) < 4.78 is 0. The molecule has 1 aromatic carbocycles. The Morgan fingerprint density at radius 3 is 2.60 bits per heavy atom. The van der Waals surface area contributed by atoms with Gasteiger partial charge in [0, 0.05) is 0 Å². The van der Waals surface area contributed by atoms with Crippen LogP contribution in [-0.2, 0) is 5.41 Å². The first-order valence-corrected chi connectivity index (χ1v) is 5.94. The van der Waals surface area contributed by atoms with Gasteiger partial charge in [0.15, 0.2) is 0 Å². The normalized spacial score (nSPS) is 29.1. The van der Waals surface area contributed by atoms with E-state index in [9.17, 15) is 0 Å². The average Bonchev–Trinajstić information content (AvgIpc) is 2.89. The van der Waals surface area contributed by atoms with E-state index in [0.717, 1.165) is 12.5 Å². The summed E-state index contributed by atoms with van der Waals surface area (Å²) in [6.07, 6.45) is 1.34. The number of rotatable bonds is 4. The minimum Gasteiger partial charge on any atom is -0.317 e. The molecule has 2 atom stereocenters. The lowest BCUT2D eigenvalue weighted by Gasteiger charge is -2.12. The Bertz CT molecular complexity index is 328. The zero-order valence-electron chi connectivity index (χ0n) is 10.0. The maximum Gasteiger partial charge on any atom is -0.00119 e. The maximum absolute atomic E-state index is 3.45. The second-order valence-electron chi connectivity index (χ2n) is 4.99. The van der Waals surface area contributed by atoms with E-state index >= 15 is 0 Å². The Hall–Kier alpha value is -0.820. The fourth-order valence-corrected chi connectivity index (χ4v) is 2.36. The van der Waals surface area contributed by atoms with E-state index in [1.54, 1.807) is 0 Å². The van der Waals surface area contributed by atoms with Crippen LogP contribution in [-0.4, -0.2) is 13.1 Å². The first-order chi connectivity index (χ1) is 7.16. The van der Waals surface area contributed by atoms with Gasteiger partial charge in [-0.3, -0.25) is 0 Å². The number of benzene rings is 1. The highest BCUT2D eigenvalue weighted by atomic mass is 14.9. The fourth-order valence-electron chi connectivity index (χ4n) is 2.36. The van der Waals surface area contributed by atoms with Crippen molar-refractivity contribution in [2.24, 2.45) is 5.92 Å². The molecule has 2 unspecified atom stereocenters. The van der Waals surface area contributed by atoms with Gasteiger partial charge in [0.2, 0.25) is 0 Å². The van der Waals surface area contributed by atoms with Crippen LogP contribution in [0.2, 0.25) is 0 Å². The number of hydrogen-bond acceptors (Lipinski definition) is 1. The van der Waals surface area contributed by atoms with Gasteiger partial charge in [-0.05, 0) is 43.3 Å². The van der Waals surface area contributed by atoms with Gasteiger partial charge in [-0.1, -0.05) is 43.7 Å². The van der Waals surface area contributed by atoms with Crippen LogP contribution in [0.15, 0.2) is 24.3 Å². The molecule has 82 valence electrons. The number of hydrogen-bond donors (Lipinski definition) is 1. The molecule has 0 aromatic heterocycles. The van der Waals surface area contributed by atoms with Gasteiger partial charge < -0.3 is 5.32 Å². The van der Waals surface area contributed by atoms with Crippen LogP contribution in [0.5, 0.6) is 0 Å². The van der Waals surface area contributed by atoms with Crippen molar-refractivity contribution < 1.29 is 0 Å². The number of nitrogens with one attached hydrogen (secondary N) is 1. The van der Waals surface area contributed by atoms with E-state index in [1.807, 2.05) is 0 Å². The molecule has 2 rings (SSSR count). The summed E-state index contributed by atoms with van der Waals surface area (Å²) in [4.78, 5) is 0. The molecule has 0 amide bonds. The summed E-state index contributed by atoms with van der Waals surface area (Å²) in [5.41, 5.74) is 3.30. The minimum absolute atomic E-state index is 0.440. The van der Waals surface area contributed by atoms with Crippen LogP contribution in [0.1, 0.15) is 31.4 Å². The van der Waals surface area contributed by atoms with Crippen molar-refractivity contribution in [3.8, 4) is 0 Å². The van der Waals surface area contributed by atoms with Crippen molar-refractivity contribution in [2.75, 3.05) is 13.1 Å². The van der Waals surface area contributed by atoms with Crippen LogP contribution in [0, 0.1) is 12.8 Å². The molecule has 1 saturated carbocycles. The summed E-state index contributed by atoms with van der Waals surface area (Å²) in [6, 6.07) is 9.04. The highest BCUT2D eigenvalue weighted by Crippen LogP contribution is 2.53. The standard InChI is InChI=1S/C14H21N/c1-4-15-10-13-9-14(13,3)12-7-5-11(2)6-8-12/h5-8,13,15H,4,9-10H2,1-3H3. The fraction of sp³-hybridized carbons (Fsp3) is 0.571. The van der Waals surface area contributed by atoms with E-state index < -0.39 is 0 Å². The van der Waals surface area contributed by atoms with Crippen molar-refractivity contribution in [3.05, 3.63) is 35.4 Å². The van der Waals surface area contributed by atoms with E-state index in [0.29, 0.717) is 5.41 Å². The molecule has 0 heterocycles. The summed E-state index contributed by atoms with van der Waals surface area (Å²) in [5.74, 6) is 0.833. The Kier molecular flexibility index (Phi) is 2.83. The molecule has 0 spiro atoms. The molecular formula is C14H21N. The summed E-state index contributed by atoms with van der Waals surface area (Å²) in [5, 5.41) is 3.45. The van der Waals surface area contributed by atoms with E-state index in [2.05, 4.69) is 50.4 Å². The topological polar surface area (TPSA) is 12.0 Å². The zero-order valence-corrected chi connectivity index (χ0v) is 10.0. The maximum atomic E-state index is 3.45. The second kappa shape index (κ2) is 3.97. The third-order valence-corrected chi connectivity index (χ3v) is 3.76. The molecule has 15 heavy (non-hydrogen) atoms. The van der Waals surface area contributed by atoms with Crippen LogP contribution in [0.4, 0.5) is 0 Å². The molecule has 0 aliphatic heterocycles. The Balaban J connectivity index is 2.03. The SMILES string of the molecule is CCNCC1CC1(C)c1ccc(C)cc1. The molecule has 1 heteroatoms. The predicted molar refractivity (Wildman–Crippen MR) is 65.2 cm³/mol. The van der Waals surface area contributed by atoms with Crippen LogP contribution >= 0.6 is 0 Å². The smallest absolute Gasteiger partial charge is 0.00119 e. The molecular weight excluding hydrogens is 182 g/mol. The Morgan fingerprint density at radius 1 is 1.33 bits per heavy atom. The van der Waals surface area contributed by atoms with E-state index in [4.69, 9.17) is 0 Å². The molecule has 1 aliphatic carbocycles. The molecule has 1 aliphatic rings. The predicted octanol–water partition coefficient (Wildman–Crippen LogP) is 2.88. The summed E-state index contributed by atoms with van der Waals surface area (Å²) >= 11 is 0. The van der Waals surface area contributed by atoms with Gasteiger partial charge >= 0.3 is 0 Å². The molecule has 0 saturated heterocycles. The van der Waals surface area contributed by atoms with Crippen molar-refractivity contribution in [1.29, 1.82) is 0 Å². The van der Waals surface area contributed by atoms with Crippen molar-refractivity contribution in [2.45, 2.75) is 32.6 Å². The van der Waals surface area contributed by atoms with Crippen LogP contribution < -0.4 is 5.32 Å². The largest absolute Gasteiger partial charge is 0.317 e. The van der Waals surface area contributed by atoms with Crippen molar-refractivity contribution in [1.82, 2.24) is 5.32 Å². The molecule has 1 aromatic rings. The molecule has 0 radical (unpaired) electrons. The first-order valence-electron chi connectivity index (χ1n) is 5.94. The molecule has 0 bridgehead atoms. The van der Waals surface area contributed by atoms with Gasteiger partial charge in [0.25, 0.3) is 0 Å². The molecule has 1 nitrogen and oxygen atoms in total. The molecule has 1 N–H and O–H groups in total. The first kappa shape index (κ1) is 10.7. The van der Waals surface area contributed by atoms with Crippen LogP contribution in [0.3, 0.4) is 0 Å². The van der Waals surface area contributed by atoms with Crippen molar-refractivity contribution >= 4 is 0 Å². The highest BCUT2D eigenvalue weighted by molar-refractivity contribution is 5.34. The third kappa shape index (κ3) is 2.07. The van der Waals surface area contributed by atoms with Gasteiger partial charge in [-0.15, -0.1) is 0 Å². The van der Waals surface area contributed by atoms with Gasteiger partial charge in [0.05, 0.1) is 0 Å². The highest BCUT2D eigenvalue weighted by Gasteiger charge is 2.50. The summed E-state index contributed by atoms with van der Waals surface area (Å²) in [6.45, 7) is 8.96. The lowest BCUT2D eigenvalue weighted by Crippen LogP contribution is -2.19. The van der Waals surface area contributed by atoms with Gasteiger partial charge in [0.1, 0.15) is 0 Å². The van der Waals surface area contributed by atoms with Gasteiger partial charge in [-0.25, -0.2) is 0 Å². The summed E-state index contributed by atoms with van der Waals surface area (Å²) in [7, 11) is 0. The Morgan fingerprint density at radius 2 is 2.00 bits per heavy atom. The van der Waals surface area contributed by atoms with Crippen LogP contribution in [0.25, 0.3) is 0 Å². The third-order valence-electron chi connectivity index (χ3n) is 3.76.